The summed E-state index contributed by atoms with van der Waals surface area (Å²) in [5, 5.41) is 27.2. The summed E-state index contributed by atoms with van der Waals surface area (Å²) in [5.41, 5.74) is 0.770. The van der Waals surface area contributed by atoms with E-state index < -0.39 is 11.0 Å². The molecule has 1 aromatic rings. The number of nitro groups is 1. The molecule has 21 heavy (non-hydrogen) atoms. The van der Waals surface area contributed by atoms with Crippen LogP contribution in [0.15, 0.2) is 0 Å². The molecule has 0 bridgehead atoms. The number of carbonyl (C=O) groups excluding carboxylic acids is 1. The molecule has 1 aromatic heterocycles. The quantitative estimate of drug-likeness (QED) is 0.574. The van der Waals surface area contributed by atoms with E-state index in [4.69, 9.17) is 0 Å². The van der Waals surface area contributed by atoms with E-state index in [1.54, 1.807) is 13.8 Å². The molecule has 0 radical (unpaired) electrons. The van der Waals surface area contributed by atoms with Gasteiger partial charge in [-0.25, -0.2) is 0 Å². The smallest absolute Gasteiger partial charge is 0.312 e. The van der Waals surface area contributed by atoms with Gasteiger partial charge >= 0.3 is 5.69 Å². The molecule has 2 N–H and O–H groups in total. The highest BCUT2D eigenvalue weighted by molar-refractivity contribution is 5.75. The van der Waals surface area contributed by atoms with E-state index in [2.05, 4.69) is 10.4 Å². The number of aryl methyl sites for hydroxylation is 2. The van der Waals surface area contributed by atoms with Crippen molar-refractivity contribution in [1.29, 1.82) is 0 Å². The third-order valence-electron chi connectivity index (χ3n) is 3.35. The number of aromatic nitrogens is 2. The molecule has 8 nitrogen and oxygen atoms in total. The predicted molar refractivity (Wildman–Crippen MR) is 76.8 cm³/mol. The van der Waals surface area contributed by atoms with Crippen LogP contribution in [0.2, 0.25) is 0 Å². The Morgan fingerprint density at radius 1 is 1.48 bits per heavy atom. The van der Waals surface area contributed by atoms with Gasteiger partial charge in [-0.05, 0) is 19.8 Å². The Morgan fingerprint density at radius 2 is 2.10 bits per heavy atom. The van der Waals surface area contributed by atoms with Crippen molar-refractivity contribution in [2.45, 2.75) is 46.8 Å². The lowest BCUT2D eigenvalue weighted by Crippen LogP contribution is -2.35. The summed E-state index contributed by atoms with van der Waals surface area (Å²) in [6.45, 7) is 7.38. The van der Waals surface area contributed by atoms with Crippen LogP contribution in [0.1, 0.15) is 31.7 Å². The summed E-state index contributed by atoms with van der Waals surface area (Å²) in [7, 11) is 0. The second-order valence-corrected chi connectivity index (χ2v) is 5.37. The summed E-state index contributed by atoms with van der Waals surface area (Å²) in [6.07, 6.45) is -0.423. The number of aliphatic hydroxyl groups is 1. The summed E-state index contributed by atoms with van der Waals surface area (Å²) in [5.74, 6) is -0.145. The number of amides is 1. The van der Waals surface area contributed by atoms with Crippen LogP contribution in [0, 0.1) is 29.9 Å². The molecule has 0 saturated carbocycles. The third kappa shape index (κ3) is 4.52. The first-order valence-corrected chi connectivity index (χ1v) is 6.87. The van der Waals surface area contributed by atoms with Gasteiger partial charge in [0.05, 0.1) is 17.6 Å². The van der Waals surface area contributed by atoms with Crippen molar-refractivity contribution in [3.63, 3.8) is 0 Å². The minimum absolute atomic E-state index is 0.00867. The van der Waals surface area contributed by atoms with Crippen LogP contribution in [-0.4, -0.2) is 38.4 Å². The minimum atomic E-state index is -0.580. The van der Waals surface area contributed by atoms with E-state index in [0.717, 1.165) is 0 Å². The van der Waals surface area contributed by atoms with Crippen LogP contribution in [-0.2, 0) is 11.3 Å². The lowest BCUT2D eigenvalue weighted by molar-refractivity contribution is -0.386. The second kappa shape index (κ2) is 7.16. The first kappa shape index (κ1) is 17.1. The topological polar surface area (TPSA) is 110 Å². The largest absolute Gasteiger partial charge is 0.391 e. The average molecular weight is 298 g/mol. The number of nitrogens with zero attached hydrogens (tertiary/aromatic N) is 3. The Labute approximate surface area is 123 Å². The van der Waals surface area contributed by atoms with Crippen molar-refractivity contribution in [2.75, 3.05) is 6.54 Å². The molecule has 1 amide bonds. The monoisotopic (exact) mass is 298 g/mol. The average Bonchev–Trinajstić information content (AvgIpc) is 2.67. The van der Waals surface area contributed by atoms with E-state index in [1.165, 1.54) is 4.68 Å². The standard InChI is InChI=1S/C13H22N4O4/c1-8(2)11(18)7-14-12(19)5-6-16-10(4)13(17(20)21)9(3)15-16/h8,11,18H,5-7H2,1-4H3,(H,14,19). The molecule has 8 heteroatoms. The third-order valence-corrected chi connectivity index (χ3v) is 3.35. The first-order valence-electron chi connectivity index (χ1n) is 6.87. The lowest BCUT2D eigenvalue weighted by atomic mass is 10.1. The highest BCUT2D eigenvalue weighted by Crippen LogP contribution is 2.21. The summed E-state index contributed by atoms with van der Waals surface area (Å²) in [4.78, 5) is 22.1. The fourth-order valence-corrected chi connectivity index (χ4v) is 1.92. The van der Waals surface area contributed by atoms with Gasteiger partial charge in [0, 0.05) is 13.0 Å². The van der Waals surface area contributed by atoms with Crippen molar-refractivity contribution in [2.24, 2.45) is 5.92 Å². The fourth-order valence-electron chi connectivity index (χ4n) is 1.92. The molecule has 0 aliphatic heterocycles. The molecule has 0 saturated heterocycles. The normalized spacial score (nSPS) is 12.5. The molecule has 1 rings (SSSR count). The van der Waals surface area contributed by atoms with Crippen LogP contribution >= 0.6 is 0 Å². The minimum Gasteiger partial charge on any atom is -0.391 e. The molecular formula is C13H22N4O4. The maximum Gasteiger partial charge on any atom is 0.312 e. The van der Waals surface area contributed by atoms with Gasteiger partial charge in [0.15, 0.2) is 0 Å². The van der Waals surface area contributed by atoms with Gasteiger partial charge in [-0.15, -0.1) is 0 Å². The zero-order valence-electron chi connectivity index (χ0n) is 12.8. The number of hydrogen-bond donors (Lipinski definition) is 2. The van der Waals surface area contributed by atoms with Crippen LogP contribution in [0.3, 0.4) is 0 Å². The molecule has 0 aromatic carbocycles. The van der Waals surface area contributed by atoms with E-state index in [9.17, 15) is 20.0 Å². The first-order chi connectivity index (χ1) is 9.73. The number of nitrogens with one attached hydrogen (secondary N) is 1. The zero-order valence-corrected chi connectivity index (χ0v) is 12.8. The SMILES string of the molecule is Cc1nn(CCC(=O)NCC(O)C(C)C)c(C)c1[N+](=O)[O-]. The van der Waals surface area contributed by atoms with E-state index in [1.807, 2.05) is 13.8 Å². The maximum atomic E-state index is 11.7. The molecule has 0 aliphatic carbocycles. The van der Waals surface area contributed by atoms with Crippen molar-refractivity contribution in [3.8, 4) is 0 Å². The fraction of sp³-hybridized carbons (Fsp3) is 0.692. The maximum absolute atomic E-state index is 11.7. The van der Waals surface area contributed by atoms with Crippen molar-refractivity contribution in [3.05, 3.63) is 21.5 Å². The second-order valence-electron chi connectivity index (χ2n) is 5.37. The Hall–Kier alpha value is -1.96. The molecule has 1 atom stereocenters. The van der Waals surface area contributed by atoms with Crippen LogP contribution < -0.4 is 5.32 Å². The summed E-state index contributed by atoms with van der Waals surface area (Å²) < 4.78 is 1.46. The molecule has 0 fully saturated rings. The van der Waals surface area contributed by atoms with Crippen LogP contribution in [0.5, 0.6) is 0 Å². The number of hydrogen-bond acceptors (Lipinski definition) is 5. The van der Waals surface area contributed by atoms with E-state index in [-0.39, 0.29) is 37.0 Å². The molecule has 0 aliphatic rings. The van der Waals surface area contributed by atoms with Gasteiger partial charge in [-0.3, -0.25) is 19.6 Å². The predicted octanol–water partition coefficient (Wildman–Crippen LogP) is 0.931. The molecule has 1 unspecified atom stereocenters. The van der Waals surface area contributed by atoms with Gasteiger partial charge in [0.2, 0.25) is 5.91 Å². The van der Waals surface area contributed by atoms with Gasteiger partial charge in [0.25, 0.3) is 0 Å². The molecular weight excluding hydrogens is 276 g/mol. The summed E-state index contributed by atoms with van der Waals surface area (Å²) in [6, 6.07) is 0. The summed E-state index contributed by atoms with van der Waals surface area (Å²) >= 11 is 0. The van der Waals surface area contributed by atoms with E-state index in [0.29, 0.717) is 11.4 Å². The van der Waals surface area contributed by atoms with E-state index >= 15 is 0 Å². The molecule has 118 valence electrons. The van der Waals surface area contributed by atoms with Crippen molar-refractivity contribution in [1.82, 2.24) is 15.1 Å². The highest BCUT2D eigenvalue weighted by Gasteiger charge is 2.21. The van der Waals surface area contributed by atoms with Crippen LogP contribution in [0.4, 0.5) is 5.69 Å². The van der Waals surface area contributed by atoms with Gasteiger partial charge in [0.1, 0.15) is 11.4 Å². The number of aliphatic hydroxyl groups excluding tert-OH is 1. The van der Waals surface area contributed by atoms with Crippen LogP contribution in [0.25, 0.3) is 0 Å². The Morgan fingerprint density at radius 3 is 2.57 bits per heavy atom. The molecule has 1 heterocycles. The zero-order chi connectivity index (χ0) is 16.2. The van der Waals surface area contributed by atoms with Gasteiger partial charge in [-0.2, -0.15) is 5.10 Å². The Bertz CT molecular complexity index is 524. The highest BCUT2D eigenvalue weighted by atomic mass is 16.6. The van der Waals surface area contributed by atoms with Gasteiger partial charge < -0.3 is 10.4 Å². The molecule has 0 spiro atoms. The van der Waals surface area contributed by atoms with Crippen molar-refractivity contribution < 1.29 is 14.8 Å². The lowest BCUT2D eigenvalue weighted by Gasteiger charge is -2.15. The number of carbonyl (C=O) groups is 1. The Balaban J connectivity index is 2.54. The Kier molecular flexibility index (Phi) is 5.83. The number of rotatable bonds is 7. The van der Waals surface area contributed by atoms with Gasteiger partial charge in [-0.1, -0.05) is 13.8 Å². The van der Waals surface area contributed by atoms with Crippen molar-refractivity contribution >= 4 is 11.6 Å².